The summed E-state index contributed by atoms with van der Waals surface area (Å²) < 4.78 is 13.5. The number of pyridine rings is 2. The van der Waals surface area contributed by atoms with Crippen LogP contribution in [0.4, 0.5) is 5.69 Å². The van der Waals surface area contributed by atoms with Crippen molar-refractivity contribution >= 4 is 40.1 Å². The number of imide groups is 2. The number of aryl methyl sites for hydroxylation is 1. The van der Waals surface area contributed by atoms with Crippen LogP contribution in [0, 0.1) is 5.92 Å². The largest absolute Gasteiger partial charge is 0.496 e. The van der Waals surface area contributed by atoms with Crippen LogP contribution in [0.25, 0.3) is 21.9 Å². The summed E-state index contributed by atoms with van der Waals surface area (Å²) >= 11 is 0. The van der Waals surface area contributed by atoms with Crippen molar-refractivity contribution in [3.05, 3.63) is 82.0 Å². The number of methoxy groups -OCH3 is 2. The molecule has 4 aliphatic rings. The Labute approximate surface area is 325 Å². The lowest BCUT2D eigenvalue weighted by Crippen LogP contribution is -2.54. The zero-order chi connectivity index (χ0) is 39.1. The monoisotopic (exact) mass is 761 g/mol. The van der Waals surface area contributed by atoms with Gasteiger partial charge in [0.2, 0.25) is 11.8 Å². The lowest BCUT2D eigenvalue weighted by Gasteiger charge is -2.38. The molecular weight excluding hydrogens is 715 g/mol. The van der Waals surface area contributed by atoms with Gasteiger partial charge in [-0.3, -0.25) is 49.0 Å². The molecule has 1 unspecified atom stereocenters. The number of nitrogens with one attached hydrogen (secondary N) is 1. The van der Waals surface area contributed by atoms with Crippen molar-refractivity contribution in [2.45, 2.75) is 44.7 Å². The number of amides is 4. The van der Waals surface area contributed by atoms with Gasteiger partial charge in [0, 0.05) is 76.0 Å². The SMILES string of the molecule is COc1cc(-c2cn(C)c(=O)c3cnccc23)cc(OC)c1CN1CCC(CCN2CCN(c3ccc4c(c3)C(=O)N(C3CCC(=O)NC3=O)C4=O)CC2)CC1. The number of nitrogens with zero attached hydrogens (tertiary/aromatic N) is 6. The summed E-state index contributed by atoms with van der Waals surface area (Å²) in [6.45, 7) is 7.19. The highest BCUT2D eigenvalue weighted by atomic mass is 16.5. The second-order valence-electron chi connectivity index (χ2n) is 15.3. The fourth-order valence-corrected chi connectivity index (χ4v) is 8.74. The third-order valence-electron chi connectivity index (χ3n) is 12.0. The van der Waals surface area contributed by atoms with E-state index >= 15 is 0 Å². The van der Waals surface area contributed by atoms with Crippen LogP contribution >= 0.6 is 0 Å². The molecule has 4 aromatic rings. The molecule has 56 heavy (non-hydrogen) atoms. The van der Waals surface area contributed by atoms with Crippen LogP contribution in [0.5, 0.6) is 11.5 Å². The quantitative estimate of drug-likeness (QED) is 0.237. The lowest BCUT2D eigenvalue weighted by atomic mass is 9.92. The number of anilines is 1. The van der Waals surface area contributed by atoms with Crippen molar-refractivity contribution in [2.24, 2.45) is 13.0 Å². The van der Waals surface area contributed by atoms with Gasteiger partial charge in [0.05, 0.1) is 36.3 Å². The first kappa shape index (κ1) is 37.3. The maximum absolute atomic E-state index is 13.3. The minimum atomic E-state index is -0.968. The van der Waals surface area contributed by atoms with Crippen molar-refractivity contribution in [2.75, 3.05) is 64.9 Å². The number of likely N-dealkylation sites (tertiary alicyclic amines) is 1. The van der Waals surface area contributed by atoms with Gasteiger partial charge in [0.15, 0.2) is 0 Å². The van der Waals surface area contributed by atoms with Crippen LogP contribution < -0.4 is 25.2 Å². The molecule has 0 saturated carbocycles. The number of benzene rings is 2. The van der Waals surface area contributed by atoms with Crippen LogP contribution in [0.1, 0.15) is 58.4 Å². The Kier molecular flexibility index (Phi) is 10.3. The Bertz CT molecular complexity index is 2250. The number of piperidine rings is 2. The van der Waals surface area contributed by atoms with E-state index in [0.29, 0.717) is 22.4 Å². The molecule has 2 aromatic heterocycles. The van der Waals surface area contributed by atoms with Gasteiger partial charge in [-0.05, 0) is 98.6 Å². The van der Waals surface area contributed by atoms with Crippen LogP contribution in [0.3, 0.4) is 0 Å². The van der Waals surface area contributed by atoms with E-state index in [1.165, 1.54) is 0 Å². The molecule has 8 rings (SSSR count). The molecule has 1 N–H and O–H groups in total. The number of fused-ring (bicyclic) bond motifs is 2. The first-order valence-electron chi connectivity index (χ1n) is 19.4. The molecular formula is C42H47N7O7. The number of carbonyl (C=O) groups excluding carboxylic acids is 4. The summed E-state index contributed by atoms with van der Waals surface area (Å²) in [5, 5.41) is 3.65. The Hall–Kier alpha value is -5.60. The summed E-state index contributed by atoms with van der Waals surface area (Å²) in [6, 6.07) is 10.3. The predicted molar refractivity (Wildman–Crippen MR) is 210 cm³/mol. The van der Waals surface area contributed by atoms with E-state index in [0.717, 1.165) is 116 Å². The number of hydrogen-bond acceptors (Lipinski definition) is 11. The van der Waals surface area contributed by atoms with Crippen molar-refractivity contribution in [1.82, 2.24) is 29.6 Å². The molecule has 0 radical (unpaired) electrons. The highest BCUT2D eigenvalue weighted by Crippen LogP contribution is 2.39. The summed E-state index contributed by atoms with van der Waals surface area (Å²) in [5.74, 6) is 0.204. The topological polar surface area (TPSA) is 147 Å². The first-order valence-corrected chi connectivity index (χ1v) is 19.4. The molecule has 0 spiro atoms. The number of ether oxygens (including phenoxy) is 2. The maximum Gasteiger partial charge on any atom is 0.262 e. The van der Waals surface area contributed by atoms with Gasteiger partial charge >= 0.3 is 0 Å². The van der Waals surface area contributed by atoms with Crippen molar-refractivity contribution in [1.29, 1.82) is 0 Å². The van der Waals surface area contributed by atoms with Gasteiger partial charge in [-0.15, -0.1) is 0 Å². The van der Waals surface area contributed by atoms with Crippen molar-refractivity contribution < 1.29 is 28.7 Å². The van der Waals surface area contributed by atoms with E-state index in [1.54, 1.807) is 50.4 Å². The summed E-state index contributed by atoms with van der Waals surface area (Å²) in [6.07, 6.45) is 8.79. The van der Waals surface area contributed by atoms with Crippen LogP contribution in [0.2, 0.25) is 0 Å². The van der Waals surface area contributed by atoms with Gasteiger partial charge in [-0.1, -0.05) is 0 Å². The molecule has 1 atom stereocenters. The second-order valence-corrected chi connectivity index (χ2v) is 15.3. The number of hydrogen-bond donors (Lipinski definition) is 1. The van der Waals surface area contributed by atoms with E-state index in [-0.39, 0.29) is 24.3 Å². The average Bonchev–Trinajstić information content (AvgIpc) is 3.47. The van der Waals surface area contributed by atoms with Gasteiger partial charge in [-0.2, -0.15) is 0 Å². The number of aromatic nitrogens is 2. The van der Waals surface area contributed by atoms with E-state index in [1.807, 2.05) is 30.5 Å². The van der Waals surface area contributed by atoms with Gasteiger partial charge in [0.25, 0.3) is 17.4 Å². The maximum atomic E-state index is 13.3. The van der Waals surface area contributed by atoms with E-state index in [4.69, 9.17) is 9.47 Å². The van der Waals surface area contributed by atoms with Gasteiger partial charge in [0.1, 0.15) is 17.5 Å². The Balaban J connectivity index is 0.835. The molecule has 2 aromatic carbocycles. The Morgan fingerprint density at radius 3 is 2.20 bits per heavy atom. The predicted octanol–water partition coefficient (Wildman–Crippen LogP) is 3.44. The Morgan fingerprint density at radius 1 is 0.786 bits per heavy atom. The first-order chi connectivity index (χ1) is 27.1. The van der Waals surface area contributed by atoms with Crippen molar-refractivity contribution in [3.63, 3.8) is 0 Å². The molecule has 3 saturated heterocycles. The van der Waals surface area contributed by atoms with Crippen LogP contribution in [-0.2, 0) is 23.2 Å². The second kappa shape index (κ2) is 15.5. The fraction of sp³-hybridized carbons (Fsp3) is 0.429. The zero-order valence-corrected chi connectivity index (χ0v) is 32.1. The molecule has 292 valence electrons. The molecule has 4 aliphatic heterocycles. The van der Waals surface area contributed by atoms with E-state index in [2.05, 4.69) is 25.0 Å². The molecule has 14 nitrogen and oxygen atoms in total. The van der Waals surface area contributed by atoms with E-state index < -0.39 is 23.8 Å². The molecule has 6 heterocycles. The number of rotatable bonds is 10. The minimum absolute atomic E-state index is 0.0897. The highest BCUT2D eigenvalue weighted by molar-refractivity contribution is 6.23. The highest BCUT2D eigenvalue weighted by Gasteiger charge is 2.45. The van der Waals surface area contributed by atoms with Gasteiger partial charge < -0.3 is 18.9 Å². The lowest BCUT2D eigenvalue weighted by molar-refractivity contribution is -0.136. The summed E-state index contributed by atoms with van der Waals surface area (Å²) in [5.41, 5.74) is 4.24. The number of piperazine rings is 1. The van der Waals surface area contributed by atoms with Gasteiger partial charge in [-0.25, -0.2) is 0 Å². The molecule has 14 heteroatoms. The normalized spacial score (nSPS) is 19.8. The van der Waals surface area contributed by atoms with Crippen LogP contribution in [-0.4, -0.2) is 114 Å². The Morgan fingerprint density at radius 2 is 1.50 bits per heavy atom. The summed E-state index contributed by atoms with van der Waals surface area (Å²) in [4.78, 5) is 75.7. The molecule has 0 bridgehead atoms. The minimum Gasteiger partial charge on any atom is -0.496 e. The average molecular weight is 762 g/mol. The van der Waals surface area contributed by atoms with Crippen molar-refractivity contribution in [3.8, 4) is 22.6 Å². The molecule has 3 fully saturated rings. The standard InChI is InChI=1S/C42H47N7O7/c1-45-24-33(29-8-12-43-23-32(29)40(45)52)27-20-36(55-2)34(37(21-27)56-3)25-47-14-10-26(11-15-47)9-13-46-16-18-48(19-17-46)28-4-5-30-31(22-28)42(54)49(41(30)53)35-6-7-38(50)44-39(35)51/h4-5,8,12,20-24,26,35H,6-7,9-11,13-19,25H2,1-3H3,(H,44,50,51). The number of carbonyl (C=O) groups is 4. The van der Waals surface area contributed by atoms with Crippen LogP contribution in [0.15, 0.2) is 59.8 Å². The summed E-state index contributed by atoms with van der Waals surface area (Å²) in [7, 11) is 5.12. The van der Waals surface area contributed by atoms with E-state index in [9.17, 15) is 24.0 Å². The molecule has 4 amide bonds. The fourth-order valence-electron chi connectivity index (χ4n) is 8.74. The smallest absolute Gasteiger partial charge is 0.262 e. The zero-order valence-electron chi connectivity index (χ0n) is 32.1. The third-order valence-corrected chi connectivity index (χ3v) is 12.0. The third kappa shape index (κ3) is 7.03. The molecule has 0 aliphatic carbocycles.